The van der Waals surface area contributed by atoms with Crippen molar-refractivity contribution in [3.05, 3.63) is 60.2 Å². The maximum absolute atomic E-state index is 9.92. The lowest BCUT2D eigenvalue weighted by Crippen LogP contribution is -1.88. The highest BCUT2D eigenvalue weighted by Gasteiger charge is 1.97. The first-order valence-corrected chi connectivity index (χ1v) is 6.58. The normalized spacial score (nSPS) is 9.89. The van der Waals surface area contributed by atoms with Gasteiger partial charge in [0.05, 0.1) is 6.54 Å². The number of hydrogen-bond donors (Lipinski definition) is 0. The van der Waals surface area contributed by atoms with Gasteiger partial charge in [0, 0.05) is 0 Å². The number of unbranched alkanes of at least 4 members (excludes halogenated alkanes) is 1. The Morgan fingerprint density at radius 1 is 0.842 bits per heavy atom. The van der Waals surface area contributed by atoms with Crippen molar-refractivity contribution in [1.82, 2.24) is 0 Å². The molecule has 0 saturated carbocycles. The molecule has 0 unspecified atom stereocenters. The van der Waals surface area contributed by atoms with E-state index in [1.54, 1.807) is 6.08 Å². The number of nitrogens with zero attached hydrogens (tertiary/aromatic N) is 1. The molecule has 0 aliphatic heterocycles. The van der Waals surface area contributed by atoms with E-state index in [9.17, 15) is 4.79 Å². The Hall–Kier alpha value is -2.18. The Morgan fingerprint density at radius 2 is 1.53 bits per heavy atom. The number of carbonyl (C=O) groups excluding carboxylic acids is 1. The number of isocyanates is 1. The van der Waals surface area contributed by atoms with Crippen molar-refractivity contribution >= 4 is 6.08 Å². The first-order chi connectivity index (χ1) is 9.40. The quantitative estimate of drug-likeness (QED) is 0.433. The molecule has 0 fully saturated rings. The highest BCUT2D eigenvalue weighted by Crippen LogP contribution is 2.19. The molecule has 0 aliphatic rings. The van der Waals surface area contributed by atoms with Crippen LogP contribution in [0.2, 0.25) is 0 Å². The third-order valence-electron chi connectivity index (χ3n) is 3.11. The van der Waals surface area contributed by atoms with Gasteiger partial charge in [-0.1, -0.05) is 54.6 Å². The SMILES string of the molecule is O=C=NCCCCc1ccc(-c2ccccc2)cc1. The molecule has 2 rings (SSSR count). The molecule has 2 nitrogen and oxygen atoms in total. The van der Waals surface area contributed by atoms with Crippen LogP contribution in [0.15, 0.2) is 59.6 Å². The minimum atomic E-state index is 0.589. The second-order valence-electron chi connectivity index (χ2n) is 4.49. The average molecular weight is 251 g/mol. The molecule has 96 valence electrons. The highest BCUT2D eigenvalue weighted by atomic mass is 16.1. The zero-order chi connectivity index (χ0) is 13.3. The van der Waals surface area contributed by atoms with Gasteiger partial charge in [-0.25, -0.2) is 9.79 Å². The summed E-state index contributed by atoms with van der Waals surface area (Å²) in [4.78, 5) is 13.5. The van der Waals surface area contributed by atoms with E-state index in [0.717, 1.165) is 19.3 Å². The van der Waals surface area contributed by atoms with E-state index in [4.69, 9.17) is 0 Å². The van der Waals surface area contributed by atoms with Gasteiger partial charge in [-0.15, -0.1) is 0 Å². The summed E-state index contributed by atoms with van der Waals surface area (Å²) in [5.41, 5.74) is 3.82. The summed E-state index contributed by atoms with van der Waals surface area (Å²) in [7, 11) is 0. The predicted molar refractivity (Wildman–Crippen MR) is 77.8 cm³/mol. The van der Waals surface area contributed by atoms with Crippen LogP contribution in [0, 0.1) is 0 Å². The molecule has 2 aromatic rings. The molecule has 0 radical (unpaired) electrons. The lowest BCUT2D eigenvalue weighted by atomic mass is 10.0. The van der Waals surface area contributed by atoms with E-state index in [1.807, 2.05) is 6.07 Å². The number of aliphatic imine (C=N–C) groups is 1. The number of hydrogen-bond acceptors (Lipinski definition) is 2. The monoisotopic (exact) mass is 251 g/mol. The van der Waals surface area contributed by atoms with E-state index in [-0.39, 0.29) is 0 Å². The Bertz CT molecular complexity index is 539. The van der Waals surface area contributed by atoms with Crippen LogP contribution in [0.1, 0.15) is 18.4 Å². The van der Waals surface area contributed by atoms with Gasteiger partial charge in [0.1, 0.15) is 0 Å². The van der Waals surface area contributed by atoms with Crippen molar-refractivity contribution in [3.8, 4) is 11.1 Å². The predicted octanol–water partition coefficient (Wildman–Crippen LogP) is 4.01. The molecular weight excluding hydrogens is 234 g/mol. The highest BCUT2D eigenvalue weighted by molar-refractivity contribution is 5.63. The fourth-order valence-electron chi connectivity index (χ4n) is 2.06. The van der Waals surface area contributed by atoms with Crippen molar-refractivity contribution in [2.45, 2.75) is 19.3 Å². The second kappa shape index (κ2) is 7.30. The van der Waals surface area contributed by atoms with Crippen molar-refractivity contribution in [2.75, 3.05) is 6.54 Å². The Kier molecular flexibility index (Phi) is 5.09. The fourth-order valence-corrected chi connectivity index (χ4v) is 2.06. The molecule has 19 heavy (non-hydrogen) atoms. The summed E-state index contributed by atoms with van der Waals surface area (Å²) in [6.45, 7) is 0.589. The van der Waals surface area contributed by atoms with Crippen LogP contribution in [0.4, 0.5) is 0 Å². The summed E-state index contributed by atoms with van der Waals surface area (Å²) < 4.78 is 0. The molecule has 0 aliphatic carbocycles. The molecule has 0 spiro atoms. The topological polar surface area (TPSA) is 29.4 Å². The van der Waals surface area contributed by atoms with Crippen LogP contribution in [-0.2, 0) is 11.2 Å². The van der Waals surface area contributed by atoms with Gasteiger partial charge in [0.25, 0.3) is 0 Å². The van der Waals surface area contributed by atoms with Gasteiger partial charge in [0.15, 0.2) is 0 Å². The van der Waals surface area contributed by atoms with Crippen LogP contribution < -0.4 is 0 Å². The van der Waals surface area contributed by atoms with E-state index in [1.165, 1.54) is 16.7 Å². The maximum Gasteiger partial charge on any atom is 0.234 e. The molecule has 0 amide bonds. The van der Waals surface area contributed by atoms with E-state index in [2.05, 4.69) is 53.5 Å². The van der Waals surface area contributed by atoms with Crippen molar-refractivity contribution < 1.29 is 4.79 Å². The van der Waals surface area contributed by atoms with Crippen LogP contribution >= 0.6 is 0 Å². The first-order valence-electron chi connectivity index (χ1n) is 6.58. The summed E-state index contributed by atoms with van der Waals surface area (Å²) in [6.07, 6.45) is 4.59. The van der Waals surface area contributed by atoms with Crippen molar-refractivity contribution in [3.63, 3.8) is 0 Å². The molecule has 0 atom stereocenters. The van der Waals surface area contributed by atoms with Crippen LogP contribution in [0.25, 0.3) is 11.1 Å². The van der Waals surface area contributed by atoms with Gasteiger partial charge in [-0.2, -0.15) is 0 Å². The Morgan fingerprint density at radius 3 is 2.21 bits per heavy atom. The van der Waals surface area contributed by atoms with E-state index < -0.39 is 0 Å². The molecule has 0 saturated heterocycles. The lowest BCUT2D eigenvalue weighted by molar-refractivity contribution is 0.562. The van der Waals surface area contributed by atoms with Crippen LogP contribution in [-0.4, -0.2) is 12.6 Å². The van der Waals surface area contributed by atoms with Crippen molar-refractivity contribution in [2.24, 2.45) is 4.99 Å². The maximum atomic E-state index is 9.92. The van der Waals surface area contributed by atoms with Gasteiger partial charge < -0.3 is 0 Å². The molecule has 0 bridgehead atoms. The molecule has 2 aromatic carbocycles. The van der Waals surface area contributed by atoms with Gasteiger partial charge >= 0.3 is 0 Å². The smallest absolute Gasteiger partial charge is 0.211 e. The van der Waals surface area contributed by atoms with Gasteiger partial charge in [-0.05, 0) is 36.0 Å². The third kappa shape index (κ3) is 4.20. The Balaban J connectivity index is 1.90. The largest absolute Gasteiger partial charge is 0.234 e. The number of rotatable bonds is 6. The molecule has 2 heteroatoms. The first kappa shape index (κ1) is 13.3. The van der Waals surface area contributed by atoms with Crippen molar-refractivity contribution in [1.29, 1.82) is 0 Å². The van der Waals surface area contributed by atoms with Crippen LogP contribution in [0.5, 0.6) is 0 Å². The van der Waals surface area contributed by atoms with E-state index in [0.29, 0.717) is 6.54 Å². The minimum absolute atomic E-state index is 0.589. The van der Waals surface area contributed by atoms with Gasteiger partial charge in [-0.3, -0.25) is 0 Å². The summed E-state index contributed by atoms with van der Waals surface area (Å²) in [5, 5.41) is 0. The fraction of sp³-hybridized carbons (Fsp3) is 0.235. The van der Waals surface area contributed by atoms with E-state index >= 15 is 0 Å². The summed E-state index contributed by atoms with van der Waals surface area (Å²) in [5.74, 6) is 0. The third-order valence-corrected chi connectivity index (χ3v) is 3.11. The zero-order valence-corrected chi connectivity index (χ0v) is 10.9. The lowest BCUT2D eigenvalue weighted by Gasteiger charge is -2.04. The molecule has 0 aromatic heterocycles. The van der Waals surface area contributed by atoms with Gasteiger partial charge in [0.2, 0.25) is 6.08 Å². The standard InChI is InChI=1S/C17H17NO/c19-14-18-13-5-4-6-15-9-11-17(12-10-15)16-7-2-1-3-8-16/h1-3,7-12H,4-6,13H2. The molecule has 0 heterocycles. The summed E-state index contributed by atoms with van der Waals surface area (Å²) in [6, 6.07) is 19.0. The Labute approximate surface area is 113 Å². The molecular formula is C17H17NO. The molecule has 0 N–H and O–H groups in total. The van der Waals surface area contributed by atoms with Crippen LogP contribution in [0.3, 0.4) is 0 Å². The minimum Gasteiger partial charge on any atom is -0.211 e. The number of aryl methyl sites for hydroxylation is 1. The zero-order valence-electron chi connectivity index (χ0n) is 10.9. The second-order valence-corrected chi connectivity index (χ2v) is 4.49. The summed E-state index contributed by atoms with van der Waals surface area (Å²) >= 11 is 0. The number of benzene rings is 2. The average Bonchev–Trinajstić information content (AvgIpc) is 2.49.